The molecule has 0 aromatic rings. The van der Waals surface area contributed by atoms with Crippen molar-refractivity contribution in [2.75, 3.05) is 19.3 Å². The molecule has 82 valence electrons. The zero-order chi connectivity index (χ0) is 9.86. The first-order valence-corrected chi connectivity index (χ1v) is 7.14. The lowest BCUT2D eigenvalue weighted by atomic mass is 9.77. The fourth-order valence-electron chi connectivity index (χ4n) is 3.25. The topological polar surface area (TPSA) is 12.0 Å². The summed E-state index contributed by atoms with van der Waals surface area (Å²) in [5.41, 5.74) is 0. The quantitative estimate of drug-likeness (QED) is 0.773. The maximum Gasteiger partial charge on any atom is 0.0312 e. The largest absolute Gasteiger partial charge is 0.318 e. The van der Waals surface area contributed by atoms with Crippen molar-refractivity contribution in [3.05, 3.63) is 0 Å². The summed E-state index contributed by atoms with van der Waals surface area (Å²) in [5.74, 6) is 2.41. The lowest BCUT2D eigenvalue weighted by Gasteiger charge is -2.39. The van der Waals surface area contributed by atoms with Gasteiger partial charge in [0.2, 0.25) is 0 Å². The standard InChI is InChI=1S/C12H23NS/c1-13-10-12(8-5-9-14-12)11-6-3-2-4-7-11/h11,13H,2-10H2,1H3. The van der Waals surface area contributed by atoms with Gasteiger partial charge in [0.05, 0.1) is 0 Å². The Bertz CT molecular complexity index is 169. The van der Waals surface area contributed by atoms with Crippen LogP contribution in [-0.2, 0) is 0 Å². The third-order valence-electron chi connectivity index (χ3n) is 3.96. The van der Waals surface area contributed by atoms with Gasteiger partial charge in [0.15, 0.2) is 0 Å². The van der Waals surface area contributed by atoms with E-state index in [0.717, 1.165) is 5.92 Å². The summed E-state index contributed by atoms with van der Waals surface area (Å²) < 4.78 is 0.620. The molecule has 1 nitrogen and oxygen atoms in total. The van der Waals surface area contributed by atoms with Crippen molar-refractivity contribution in [1.82, 2.24) is 5.32 Å². The third kappa shape index (κ3) is 2.11. The molecule has 2 rings (SSSR count). The Hall–Kier alpha value is 0.310. The maximum atomic E-state index is 3.43. The second-order valence-corrected chi connectivity index (χ2v) is 6.39. The van der Waals surface area contributed by atoms with Crippen molar-refractivity contribution >= 4 is 11.8 Å². The second kappa shape index (κ2) is 4.89. The van der Waals surface area contributed by atoms with Crippen LogP contribution in [0.15, 0.2) is 0 Å². The summed E-state index contributed by atoms with van der Waals surface area (Å²) in [6.07, 6.45) is 10.3. The van der Waals surface area contributed by atoms with Gasteiger partial charge in [-0.1, -0.05) is 19.3 Å². The molecule has 0 spiro atoms. The van der Waals surface area contributed by atoms with Crippen LogP contribution in [0, 0.1) is 5.92 Å². The van der Waals surface area contributed by atoms with E-state index in [9.17, 15) is 0 Å². The molecule has 2 aliphatic rings. The molecule has 0 radical (unpaired) electrons. The molecule has 1 unspecified atom stereocenters. The lowest BCUT2D eigenvalue weighted by Crippen LogP contribution is -2.42. The van der Waals surface area contributed by atoms with Crippen LogP contribution in [-0.4, -0.2) is 24.1 Å². The van der Waals surface area contributed by atoms with Gasteiger partial charge in [0, 0.05) is 11.3 Å². The van der Waals surface area contributed by atoms with Crippen LogP contribution in [0.1, 0.15) is 44.9 Å². The summed E-state index contributed by atoms with van der Waals surface area (Å²) in [7, 11) is 2.11. The van der Waals surface area contributed by atoms with Gasteiger partial charge >= 0.3 is 0 Å². The SMILES string of the molecule is CNCC1(C2CCCCC2)CCCS1. The van der Waals surface area contributed by atoms with Crippen LogP contribution in [0.25, 0.3) is 0 Å². The monoisotopic (exact) mass is 213 g/mol. The minimum Gasteiger partial charge on any atom is -0.318 e. The van der Waals surface area contributed by atoms with Crippen LogP contribution in [0.4, 0.5) is 0 Å². The van der Waals surface area contributed by atoms with Gasteiger partial charge in [-0.3, -0.25) is 0 Å². The lowest BCUT2D eigenvalue weighted by molar-refractivity contribution is 0.268. The minimum absolute atomic E-state index is 0.620. The van der Waals surface area contributed by atoms with Crippen LogP contribution >= 0.6 is 11.8 Å². The zero-order valence-electron chi connectivity index (χ0n) is 9.35. The smallest absolute Gasteiger partial charge is 0.0312 e. The zero-order valence-corrected chi connectivity index (χ0v) is 10.2. The van der Waals surface area contributed by atoms with Crippen LogP contribution in [0.5, 0.6) is 0 Å². The van der Waals surface area contributed by atoms with Crippen molar-refractivity contribution in [2.24, 2.45) is 5.92 Å². The fraction of sp³-hybridized carbons (Fsp3) is 1.00. The van der Waals surface area contributed by atoms with E-state index in [4.69, 9.17) is 0 Å². The third-order valence-corrected chi connectivity index (χ3v) is 5.71. The van der Waals surface area contributed by atoms with E-state index in [2.05, 4.69) is 24.1 Å². The molecule has 14 heavy (non-hydrogen) atoms. The Morgan fingerprint density at radius 1 is 1.21 bits per heavy atom. The average Bonchev–Trinajstić information content (AvgIpc) is 2.70. The van der Waals surface area contributed by atoms with Crippen LogP contribution < -0.4 is 5.32 Å². The highest BCUT2D eigenvalue weighted by Crippen LogP contribution is 2.48. The van der Waals surface area contributed by atoms with E-state index in [0.29, 0.717) is 4.75 Å². The molecule has 2 heteroatoms. The Balaban J connectivity index is 2.00. The van der Waals surface area contributed by atoms with Crippen molar-refractivity contribution in [2.45, 2.75) is 49.7 Å². The molecule has 2 fully saturated rings. The highest BCUT2D eigenvalue weighted by molar-refractivity contribution is 8.00. The molecule has 1 saturated carbocycles. The molecule has 0 aromatic carbocycles. The van der Waals surface area contributed by atoms with E-state index in [1.54, 1.807) is 0 Å². The highest BCUT2D eigenvalue weighted by atomic mass is 32.2. The first-order valence-electron chi connectivity index (χ1n) is 6.16. The normalized spacial score (nSPS) is 34.9. The molecule has 0 bridgehead atoms. The summed E-state index contributed by atoms with van der Waals surface area (Å²) in [5, 5.41) is 3.43. The molecule has 1 aliphatic carbocycles. The predicted octanol–water partition coefficient (Wildman–Crippen LogP) is 3.05. The average molecular weight is 213 g/mol. The second-order valence-electron chi connectivity index (χ2n) is 4.88. The number of hydrogen-bond acceptors (Lipinski definition) is 2. The number of rotatable bonds is 3. The molecule has 0 amide bonds. The summed E-state index contributed by atoms with van der Waals surface area (Å²) in [6, 6.07) is 0. The number of hydrogen-bond donors (Lipinski definition) is 1. The molecule has 1 aliphatic heterocycles. The first kappa shape index (κ1) is 10.8. The van der Waals surface area contributed by atoms with Gasteiger partial charge < -0.3 is 5.32 Å². The Kier molecular flexibility index (Phi) is 3.78. The molecule has 1 N–H and O–H groups in total. The van der Waals surface area contributed by atoms with Gasteiger partial charge in [-0.2, -0.15) is 11.8 Å². The fourth-order valence-corrected chi connectivity index (χ4v) is 4.95. The van der Waals surface area contributed by atoms with Crippen LogP contribution in [0.3, 0.4) is 0 Å². The highest BCUT2D eigenvalue weighted by Gasteiger charge is 2.41. The van der Waals surface area contributed by atoms with Crippen molar-refractivity contribution in [3.8, 4) is 0 Å². The number of thioether (sulfide) groups is 1. The van der Waals surface area contributed by atoms with E-state index in [1.807, 2.05) is 0 Å². The van der Waals surface area contributed by atoms with Gasteiger partial charge in [-0.15, -0.1) is 0 Å². The Labute approximate surface area is 92.4 Å². The number of nitrogens with one attached hydrogen (secondary N) is 1. The van der Waals surface area contributed by atoms with Crippen molar-refractivity contribution in [1.29, 1.82) is 0 Å². The van der Waals surface area contributed by atoms with Gasteiger partial charge in [0.25, 0.3) is 0 Å². The van der Waals surface area contributed by atoms with Gasteiger partial charge in [-0.05, 0) is 44.4 Å². The Morgan fingerprint density at radius 3 is 2.57 bits per heavy atom. The first-order chi connectivity index (χ1) is 6.87. The van der Waals surface area contributed by atoms with E-state index in [-0.39, 0.29) is 0 Å². The molecular formula is C12H23NS. The molecular weight excluding hydrogens is 190 g/mol. The molecule has 0 aromatic heterocycles. The van der Waals surface area contributed by atoms with Crippen molar-refractivity contribution < 1.29 is 0 Å². The predicted molar refractivity (Wildman–Crippen MR) is 64.9 cm³/mol. The van der Waals surface area contributed by atoms with E-state index in [1.165, 1.54) is 57.2 Å². The summed E-state index contributed by atoms with van der Waals surface area (Å²) >= 11 is 2.26. The molecule has 1 saturated heterocycles. The van der Waals surface area contributed by atoms with Crippen LogP contribution in [0.2, 0.25) is 0 Å². The van der Waals surface area contributed by atoms with Gasteiger partial charge in [0.1, 0.15) is 0 Å². The van der Waals surface area contributed by atoms with Crippen molar-refractivity contribution in [3.63, 3.8) is 0 Å². The molecule has 1 heterocycles. The van der Waals surface area contributed by atoms with Gasteiger partial charge in [-0.25, -0.2) is 0 Å². The maximum absolute atomic E-state index is 3.43. The summed E-state index contributed by atoms with van der Waals surface area (Å²) in [6.45, 7) is 1.24. The summed E-state index contributed by atoms with van der Waals surface area (Å²) in [4.78, 5) is 0. The Morgan fingerprint density at radius 2 is 2.00 bits per heavy atom. The molecule has 1 atom stereocenters. The minimum atomic E-state index is 0.620. The van der Waals surface area contributed by atoms with E-state index < -0.39 is 0 Å². The van der Waals surface area contributed by atoms with E-state index >= 15 is 0 Å².